The quantitative estimate of drug-likeness (QED) is 0.785. The Hall–Kier alpha value is -1.38. The molecule has 0 atom stereocenters. The molecule has 0 bridgehead atoms. The second-order valence-corrected chi connectivity index (χ2v) is 4.72. The molecule has 1 aromatic carbocycles. The lowest BCUT2D eigenvalue weighted by atomic mass is 9.98. The van der Waals surface area contributed by atoms with Crippen LogP contribution in [0.2, 0.25) is 0 Å². The van der Waals surface area contributed by atoms with Gasteiger partial charge in [0.05, 0.1) is 0 Å². The number of benzene rings is 1. The van der Waals surface area contributed by atoms with E-state index in [1.165, 1.54) is 24.3 Å². The molecule has 3 heteroatoms. The van der Waals surface area contributed by atoms with Crippen molar-refractivity contribution in [3.63, 3.8) is 0 Å². The molecule has 2 nitrogen and oxygen atoms in total. The maximum Gasteiger partial charge on any atom is 0.254 e. The summed E-state index contributed by atoms with van der Waals surface area (Å²) in [5.74, 6) is -0.362. The predicted octanol–water partition coefficient (Wildman–Crippen LogP) is 3.48. The molecule has 0 radical (unpaired) electrons. The second-order valence-electron chi connectivity index (χ2n) is 4.72. The van der Waals surface area contributed by atoms with E-state index in [-0.39, 0.29) is 17.3 Å². The first-order valence-corrected chi connectivity index (χ1v) is 6.00. The van der Waals surface area contributed by atoms with Crippen molar-refractivity contribution in [1.29, 1.82) is 0 Å². The van der Waals surface area contributed by atoms with Gasteiger partial charge < -0.3 is 4.90 Å². The summed E-state index contributed by atoms with van der Waals surface area (Å²) in [7, 11) is 0. The highest BCUT2D eigenvalue weighted by atomic mass is 19.1. The fourth-order valence-electron chi connectivity index (χ4n) is 1.79. The van der Waals surface area contributed by atoms with Gasteiger partial charge in [-0.25, -0.2) is 4.39 Å². The minimum atomic E-state index is -0.320. The van der Waals surface area contributed by atoms with E-state index in [4.69, 9.17) is 0 Å². The van der Waals surface area contributed by atoms with Crippen LogP contribution in [-0.2, 0) is 0 Å². The molecule has 0 saturated heterocycles. The number of hydrogen-bond donors (Lipinski definition) is 0. The lowest BCUT2D eigenvalue weighted by Crippen LogP contribution is -2.47. The van der Waals surface area contributed by atoms with Crippen LogP contribution in [0, 0.1) is 5.82 Å². The third-order valence-corrected chi connectivity index (χ3v) is 3.25. The maximum atomic E-state index is 12.8. The molecule has 0 N–H and O–H groups in total. The minimum Gasteiger partial charge on any atom is -0.334 e. The highest BCUT2D eigenvalue weighted by Crippen LogP contribution is 2.21. The minimum absolute atomic E-state index is 0.0423. The SMILES string of the molecule is CCN(C(=O)c1ccc(F)cc1)C(C)(C)CC. The number of halogens is 1. The van der Waals surface area contributed by atoms with Gasteiger partial charge in [-0.1, -0.05) is 6.92 Å². The maximum absolute atomic E-state index is 12.8. The Kier molecular flexibility index (Phi) is 4.27. The first-order chi connectivity index (χ1) is 7.92. The van der Waals surface area contributed by atoms with Crippen LogP contribution in [0.5, 0.6) is 0 Å². The van der Waals surface area contributed by atoms with Gasteiger partial charge in [0.2, 0.25) is 0 Å². The van der Waals surface area contributed by atoms with E-state index in [1.807, 2.05) is 25.7 Å². The van der Waals surface area contributed by atoms with Crippen molar-refractivity contribution in [3.05, 3.63) is 35.6 Å². The van der Waals surface area contributed by atoms with Gasteiger partial charge in [-0.2, -0.15) is 0 Å². The van der Waals surface area contributed by atoms with Crippen LogP contribution in [0.1, 0.15) is 44.5 Å². The van der Waals surface area contributed by atoms with Crippen LogP contribution < -0.4 is 0 Å². The van der Waals surface area contributed by atoms with E-state index in [9.17, 15) is 9.18 Å². The molecule has 1 rings (SSSR count). The molecule has 0 spiro atoms. The Morgan fingerprint density at radius 1 is 1.24 bits per heavy atom. The van der Waals surface area contributed by atoms with Crippen LogP contribution in [0.3, 0.4) is 0 Å². The lowest BCUT2D eigenvalue weighted by molar-refractivity contribution is 0.0557. The van der Waals surface area contributed by atoms with Gasteiger partial charge in [-0.15, -0.1) is 0 Å². The third kappa shape index (κ3) is 3.05. The Morgan fingerprint density at radius 3 is 2.18 bits per heavy atom. The van der Waals surface area contributed by atoms with E-state index >= 15 is 0 Å². The Labute approximate surface area is 102 Å². The Morgan fingerprint density at radius 2 is 1.76 bits per heavy atom. The lowest BCUT2D eigenvalue weighted by Gasteiger charge is -2.37. The van der Waals surface area contributed by atoms with Crippen LogP contribution >= 0.6 is 0 Å². The zero-order chi connectivity index (χ0) is 13.1. The fourth-order valence-corrected chi connectivity index (χ4v) is 1.79. The van der Waals surface area contributed by atoms with Crippen LogP contribution in [-0.4, -0.2) is 22.9 Å². The second kappa shape index (κ2) is 5.30. The van der Waals surface area contributed by atoms with Crippen molar-refractivity contribution in [1.82, 2.24) is 4.90 Å². The molecular formula is C14H20FNO. The van der Waals surface area contributed by atoms with Crippen LogP contribution in [0.4, 0.5) is 4.39 Å². The zero-order valence-corrected chi connectivity index (χ0v) is 11.0. The number of nitrogens with zero attached hydrogens (tertiary/aromatic N) is 1. The average Bonchev–Trinajstić information content (AvgIpc) is 2.30. The van der Waals surface area contributed by atoms with E-state index in [0.717, 1.165) is 6.42 Å². The van der Waals surface area contributed by atoms with Gasteiger partial charge in [0, 0.05) is 17.6 Å². The topological polar surface area (TPSA) is 20.3 Å². The smallest absolute Gasteiger partial charge is 0.254 e. The standard InChI is InChI=1S/C14H20FNO/c1-5-14(3,4)16(6-2)13(17)11-7-9-12(15)10-8-11/h7-10H,5-6H2,1-4H3. The van der Waals surface area contributed by atoms with Crippen molar-refractivity contribution in [3.8, 4) is 0 Å². The first kappa shape index (κ1) is 13.7. The Balaban J connectivity index is 2.98. The van der Waals surface area contributed by atoms with E-state index in [1.54, 1.807) is 0 Å². The average molecular weight is 237 g/mol. The molecule has 0 fully saturated rings. The number of rotatable bonds is 4. The van der Waals surface area contributed by atoms with Crippen molar-refractivity contribution < 1.29 is 9.18 Å². The summed E-state index contributed by atoms with van der Waals surface area (Å²) in [5.41, 5.74) is 0.356. The summed E-state index contributed by atoms with van der Waals surface area (Å²) in [4.78, 5) is 14.1. The summed E-state index contributed by atoms with van der Waals surface area (Å²) >= 11 is 0. The molecular weight excluding hydrogens is 217 g/mol. The summed E-state index contributed by atoms with van der Waals surface area (Å²) in [6.07, 6.45) is 0.883. The number of amides is 1. The first-order valence-electron chi connectivity index (χ1n) is 6.00. The van der Waals surface area contributed by atoms with Crippen molar-refractivity contribution in [2.24, 2.45) is 0 Å². The third-order valence-electron chi connectivity index (χ3n) is 3.25. The van der Waals surface area contributed by atoms with Crippen molar-refractivity contribution in [2.75, 3.05) is 6.54 Å². The zero-order valence-electron chi connectivity index (χ0n) is 11.0. The van der Waals surface area contributed by atoms with E-state index in [0.29, 0.717) is 12.1 Å². The van der Waals surface area contributed by atoms with Crippen LogP contribution in [0.25, 0.3) is 0 Å². The Bertz CT molecular complexity index is 384. The van der Waals surface area contributed by atoms with Crippen molar-refractivity contribution in [2.45, 2.75) is 39.7 Å². The van der Waals surface area contributed by atoms with Gasteiger partial charge in [0.1, 0.15) is 5.82 Å². The molecule has 0 saturated carbocycles. The molecule has 0 aromatic heterocycles. The fraction of sp³-hybridized carbons (Fsp3) is 0.500. The summed E-state index contributed by atoms with van der Waals surface area (Å²) in [6, 6.07) is 5.71. The molecule has 0 heterocycles. The molecule has 0 aliphatic rings. The molecule has 94 valence electrons. The van der Waals surface area contributed by atoms with E-state index in [2.05, 4.69) is 6.92 Å². The largest absolute Gasteiger partial charge is 0.334 e. The van der Waals surface area contributed by atoms with Gasteiger partial charge >= 0.3 is 0 Å². The molecule has 1 amide bonds. The monoisotopic (exact) mass is 237 g/mol. The summed E-state index contributed by atoms with van der Waals surface area (Å²) < 4.78 is 12.8. The molecule has 0 aliphatic heterocycles. The van der Waals surface area contributed by atoms with Gasteiger partial charge in [-0.05, 0) is 51.5 Å². The number of carbonyl (C=O) groups excluding carboxylic acids is 1. The molecule has 17 heavy (non-hydrogen) atoms. The van der Waals surface area contributed by atoms with Gasteiger partial charge in [0.25, 0.3) is 5.91 Å². The molecule has 1 aromatic rings. The highest BCUT2D eigenvalue weighted by molar-refractivity contribution is 5.94. The van der Waals surface area contributed by atoms with E-state index < -0.39 is 0 Å². The predicted molar refractivity (Wildman–Crippen MR) is 67.5 cm³/mol. The van der Waals surface area contributed by atoms with Crippen LogP contribution in [0.15, 0.2) is 24.3 Å². The number of hydrogen-bond acceptors (Lipinski definition) is 1. The van der Waals surface area contributed by atoms with Gasteiger partial charge in [-0.3, -0.25) is 4.79 Å². The highest BCUT2D eigenvalue weighted by Gasteiger charge is 2.28. The van der Waals surface area contributed by atoms with Gasteiger partial charge in [0.15, 0.2) is 0 Å². The summed E-state index contributed by atoms with van der Waals surface area (Å²) in [5, 5.41) is 0. The summed E-state index contributed by atoms with van der Waals surface area (Å²) in [6.45, 7) is 8.74. The number of carbonyl (C=O) groups is 1. The molecule has 0 aliphatic carbocycles. The van der Waals surface area contributed by atoms with Crippen molar-refractivity contribution >= 4 is 5.91 Å². The normalized spacial score (nSPS) is 11.4. The molecule has 0 unspecified atom stereocenters.